The number of nitro benzene ring substituents is 1. The van der Waals surface area contributed by atoms with Crippen molar-refractivity contribution in [1.82, 2.24) is 4.31 Å². The number of rotatable bonds is 8. The molecule has 0 radical (unpaired) electrons. The zero-order valence-corrected chi connectivity index (χ0v) is 18.8. The second kappa shape index (κ2) is 9.96. The van der Waals surface area contributed by atoms with E-state index < -0.39 is 32.9 Å². The fourth-order valence-corrected chi connectivity index (χ4v) is 4.78. The van der Waals surface area contributed by atoms with Gasteiger partial charge in [-0.3, -0.25) is 14.9 Å². The number of anilines is 1. The molecule has 1 unspecified atom stereocenters. The summed E-state index contributed by atoms with van der Waals surface area (Å²) in [4.78, 5) is 35.3. The number of benzene rings is 2. The number of hydrogen-bond acceptors (Lipinski definition) is 8. The van der Waals surface area contributed by atoms with Crippen LogP contribution in [0.4, 0.5) is 11.4 Å². The fourth-order valence-electron chi connectivity index (χ4n) is 3.26. The first-order chi connectivity index (χ1) is 15.6. The van der Waals surface area contributed by atoms with Crippen molar-refractivity contribution in [3.8, 4) is 5.75 Å². The summed E-state index contributed by atoms with van der Waals surface area (Å²) in [7, 11) is -2.27. The molecule has 1 aliphatic rings. The van der Waals surface area contributed by atoms with E-state index in [2.05, 4.69) is 5.32 Å². The van der Waals surface area contributed by atoms with Crippen LogP contribution in [0.1, 0.15) is 30.1 Å². The van der Waals surface area contributed by atoms with Crippen LogP contribution in [-0.4, -0.2) is 55.8 Å². The molecule has 1 saturated heterocycles. The van der Waals surface area contributed by atoms with Crippen molar-refractivity contribution in [3.05, 3.63) is 58.1 Å². The lowest BCUT2D eigenvalue weighted by Gasteiger charge is -2.16. The smallest absolute Gasteiger partial charge is 0.338 e. The Morgan fingerprint density at radius 2 is 1.76 bits per heavy atom. The number of non-ortho nitro benzene ring substituents is 1. The van der Waals surface area contributed by atoms with E-state index in [-0.39, 0.29) is 27.6 Å². The number of methoxy groups -OCH3 is 1. The maximum Gasteiger partial charge on any atom is 0.338 e. The van der Waals surface area contributed by atoms with E-state index in [9.17, 15) is 28.1 Å². The topological polar surface area (TPSA) is 145 Å². The molecule has 1 fully saturated rings. The molecule has 11 nitrogen and oxygen atoms in total. The molecular weight excluding hydrogens is 454 g/mol. The molecular formula is C21H23N3O8S. The summed E-state index contributed by atoms with van der Waals surface area (Å²) in [6.45, 7) is 2.27. The van der Waals surface area contributed by atoms with Gasteiger partial charge in [0.1, 0.15) is 5.75 Å². The minimum Gasteiger partial charge on any atom is -0.495 e. The molecule has 12 heteroatoms. The first-order valence-corrected chi connectivity index (χ1v) is 11.5. The number of nitrogens with one attached hydrogen (secondary N) is 1. The lowest BCUT2D eigenvalue weighted by molar-refractivity contribution is -0.384. The van der Waals surface area contributed by atoms with E-state index in [4.69, 9.17) is 9.47 Å². The predicted octanol–water partition coefficient (Wildman–Crippen LogP) is 2.57. The van der Waals surface area contributed by atoms with Gasteiger partial charge in [0, 0.05) is 25.2 Å². The molecule has 0 aromatic heterocycles. The fraction of sp³-hybridized carbons (Fsp3) is 0.333. The van der Waals surface area contributed by atoms with Crippen molar-refractivity contribution in [2.45, 2.75) is 30.8 Å². The molecule has 0 saturated carbocycles. The van der Waals surface area contributed by atoms with Crippen molar-refractivity contribution in [2.75, 3.05) is 25.5 Å². The Kier molecular flexibility index (Phi) is 7.29. The van der Waals surface area contributed by atoms with Gasteiger partial charge in [0.25, 0.3) is 11.6 Å². The van der Waals surface area contributed by atoms with Gasteiger partial charge in [-0.05, 0) is 50.1 Å². The van der Waals surface area contributed by atoms with Crippen molar-refractivity contribution in [3.63, 3.8) is 0 Å². The molecule has 0 aliphatic carbocycles. The zero-order valence-electron chi connectivity index (χ0n) is 18.0. The number of carbonyl (C=O) groups is 2. The van der Waals surface area contributed by atoms with Gasteiger partial charge in [-0.15, -0.1) is 0 Å². The van der Waals surface area contributed by atoms with Gasteiger partial charge in [-0.2, -0.15) is 4.31 Å². The Hall–Kier alpha value is -3.51. The van der Waals surface area contributed by atoms with Gasteiger partial charge >= 0.3 is 5.97 Å². The van der Waals surface area contributed by atoms with Crippen LogP contribution in [0.3, 0.4) is 0 Å². The number of ether oxygens (including phenoxy) is 2. The van der Waals surface area contributed by atoms with E-state index in [1.165, 1.54) is 54.7 Å². The average molecular weight is 477 g/mol. The molecule has 2 aromatic rings. The molecule has 176 valence electrons. The van der Waals surface area contributed by atoms with E-state index in [0.717, 1.165) is 18.9 Å². The largest absolute Gasteiger partial charge is 0.495 e. The van der Waals surface area contributed by atoms with E-state index in [0.29, 0.717) is 13.1 Å². The number of nitro groups is 1. The second-order valence-electron chi connectivity index (χ2n) is 7.31. The Bertz CT molecular complexity index is 1160. The van der Waals surface area contributed by atoms with Crippen LogP contribution in [0.15, 0.2) is 47.4 Å². The third-order valence-corrected chi connectivity index (χ3v) is 7.01. The Morgan fingerprint density at radius 1 is 1.12 bits per heavy atom. The monoisotopic (exact) mass is 477 g/mol. The molecule has 3 rings (SSSR count). The molecule has 0 spiro atoms. The van der Waals surface area contributed by atoms with Crippen LogP contribution in [0.5, 0.6) is 5.75 Å². The van der Waals surface area contributed by atoms with Crippen LogP contribution in [0.2, 0.25) is 0 Å². The molecule has 1 atom stereocenters. The highest BCUT2D eigenvalue weighted by Crippen LogP contribution is 2.29. The number of nitrogens with zero attached hydrogens (tertiary/aromatic N) is 2. The first kappa shape index (κ1) is 24.1. The number of hydrogen-bond donors (Lipinski definition) is 1. The normalized spacial score (nSPS) is 15.0. The second-order valence-corrected chi connectivity index (χ2v) is 9.25. The van der Waals surface area contributed by atoms with E-state index in [1.807, 2.05) is 0 Å². The maximum atomic E-state index is 12.6. The summed E-state index contributed by atoms with van der Waals surface area (Å²) >= 11 is 0. The van der Waals surface area contributed by atoms with Crippen LogP contribution < -0.4 is 10.1 Å². The van der Waals surface area contributed by atoms with Gasteiger partial charge < -0.3 is 14.8 Å². The SMILES string of the molecule is COc1ccc([N+](=O)[O-])cc1NC(=O)C(C)OC(=O)c1ccc(S(=O)(=O)N2CCCC2)cc1. The Balaban J connectivity index is 1.66. The standard InChI is InChI=1S/C21H23N3O8S/c1-14(20(25)22-18-13-16(24(27)28)7-10-19(18)31-2)32-21(26)15-5-8-17(9-6-15)33(29,30)23-11-3-4-12-23/h5-10,13-14H,3-4,11-12H2,1-2H3,(H,22,25). The summed E-state index contributed by atoms with van der Waals surface area (Å²) in [6, 6.07) is 8.98. The summed E-state index contributed by atoms with van der Waals surface area (Å²) < 4.78 is 36.8. The molecule has 0 bridgehead atoms. The van der Waals surface area contributed by atoms with E-state index in [1.54, 1.807) is 0 Å². The molecule has 1 amide bonds. The average Bonchev–Trinajstić information content (AvgIpc) is 3.35. The van der Waals surface area contributed by atoms with E-state index >= 15 is 0 Å². The van der Waals surface area contributed by atoms with Crippen LogP contribution in [0.25, 0.3) is 0 Å². The minimum atomic E-state index is -3.61. The van der Waals surface area contributed by atoms with Gasteiger partial charge in [0.2, 0.25) is 10.0 Å². The number of sulfonamides is 1. The minimum absolute atomic E-state index is 0.0519. The van der Waals surface area contributed by atoms with Crippen LogP contribution in [0, 0.1) is 10.1 Å². The molecule has 33 heavy (non-hydrogen) atoms. The Morgan fingerprint density at radius 3 is 2.33 bits per heavy atom. The summed E-state index contributed by atoms with van der Waals surface area (Å²) in [5, 5.41) is 13.4. The third kappa shape index (κ3) is 5.46. The highest BCUT2D eigenvalue weighted by atomic mass is 32.2. The third-order valence-electron chi connectivity index (χ3n) is 5.10. The lowest BCUT2D eigenvalue weighted by Crippen LogP contribution is -2.30. The first-order valence-electron chi connectivity index (χ1n) is 10.1. The number of amides is 1. The van der Waals surface area contributed by atoms with Gasteiger partial charge in [0.15, 0.2) is 6.10 Å². The summed E-state index contributed by atoms with van der Waals surface area (Å²) in [5.74, 6) is -1.36. The lowest BCUT2D eigenvalue weighted by atomic mass is 10.2. The quantitative estimate of drug-likeness (QED) is 0.347. The van der Waals surface area contributed by atoms with Crippen LogP contribution >= 0.6 is 0 Å². The molecule has 1 aliphatic heterocycles. The molecule has 1 heterocycles. The van der Waals surface area contributed by atoms with Crippen molar-refractivity contribution >= 4 is 33.3 Å². The summed E-state index contributed by atoms with van der Waals surface area (Å²) in [6.07, 6.45) is 0.381. The number of esters is 1. The van der Waals surface area contributed by atoms with Gasteiger partial charge in [-0.25, -0.2) is 13.2 Å². The van der Waals surface area contributed by atoms with Gasteiger partial charge in [-0.1, -0.05) is 0 Å². The molecule has 2 aromatic carbocycles. The Labute approximate surface area is 190 Å². The number of carbonyl (C=O) groups excluding carboxylic acids is 2. The van der Waals surface area contributed by atoms with Crippen molar-refractivity contribution in [2.24, 2.45) is 0 Å². The van der Waals surface area contributed by atoms with Crippen LogP contribution in [-0.2, 0) is 19.6 Å². The highest BCUT2D eigenvalue weighted by Gasteiger charge is 2.27. The zero-order chi connectivity index (χ0) is 24.2. The maximum absolute atomic E-state index is 12.6. The predicted molar refractivity (Wildman–Crippen MR) is 118 cm³/mol. The summed E-state index contributed by atoms with van der Waals surface area (Å²) in [5.41, 5.74) is -0.126. The highest BCUT2D eigenvalue weighted by molar-refractivity contribution is 7.89. The molecule has 1 N–H and O–H groups in total. The van der Waals surface area contributed by atoms with Gasteiger partial charge in [0.05, 0.1) is 28.2 Å². The van der Waals surface area contributed by atoms with Crippen molar-refractivity contribution < 1.29 is 32.4 Å². The van der Waals surface area contributed by atoms with Crippen molar-refractivity contribution in [1.29, 1.82) is 0 Å².